The van der Waals surface area contributed by atoms with E-state index in [0.717, 1.165) is 29.7 Å². The second-order valence-corrected chi connectivity index (χ2v) is 11.5. The fourth-order valence-corrected chi connectivity index (χ4v) is 5.45. The molecule has 4 unspecified atom stereocenters. The second-order valence-electron chi connectivity index (χ2n) is 10.5. The number of aliphatic hydroxyl groups is 1. The van der Waals surface area contributed by atoms with Crippen LogP contribution in [-0.4, -0.2) is 53.9 Å². The van der Waals surface area contributed by atoms with Gasteiger partial charge in [-0.05, 0) is 50.2 Å². The molecule has 8 heteroatoms. The lowest BCUT2D eigenvalue weighted by molar-refractivity contribution is -0.150. The van der Waals surface area contributed by atoms with Crippen molar-refractivity contribution >= 4 is 29.5 Å². The van der Waals surface area contributed by atoms with Crippen LogP contribution in [0.4, 0.5) is 0 Å². The Morgan fingerprint density at radius 1 is 0.952 bits per heavy atom. The zero-order valence-electron chi connectivity index (χ0n) is 24.7. The van der Waals surface area contributed by atoms with Crippen LogP contribution in [0.2, 0.25) is 0 Å². The first-order chi connectivity index (χ1) is 20.4. The molecule has 7 nitrogen and oxygen atoms in total. The molecule has 0 fully saturated rings. The molecule has 3 N–H and O–H groups in total. The molecule has 0 radical (unpaired) electrons. The fraction of sp³-hybridized carbons (Fsp3) is 0.441. The molecule has 0 saturated heterocycles. The second kappa shape index (κ2) is 20.5. The van der Waals surface area contributed by atoms with Gasteiger partial charge in [0.05, 0.1) is 24.5 Å². The number of hydrogen-bond acceptors (Lipinski definition) is 6. The zero-order valence-corrected chi connectivity index (χ0v) is 25.5. The Balaban J connectivity index is 2.09. The third-order valence-corrected chi connectivity index (χ3v) is 7.93. The number of carbonyl (C=O) groups is 3. The summed E-state index contributed by atoms with van der Waals surface area (Å²) in [5.74, 6) is -0.547. The topological polar surface area (TPSA) is 105 Å². The first kappa shape index (κ1) is 34.8. The number of aliphatic hydroxyl groups excluding tert-OH is 1. The van der Waals surface area contributed by atoms with Gasteiger partial charge >= 0.3 is 5.97 Å². The van der Waals surface area contributed by atoms with E-state index in [2.05, 4.69) is 23.8 Å². The SMILES string of the molecule is C=CCCCC(Cc1ccccc1)C(=O)OCC(CSCc1ccccc1)NC(=O)C(CC=C)CC(=O)NC(C)CO. The number of carbonyl (C=O) groups excluding carboxylic acids is 3. The van der Waals surface area contributed by atoms with Crippen LogP contribution in [-0.2, 0) is 31.3 Å². The van der Waals surface area contributed by atoms with E-state index in [4.69, 9.17) is 4.74 Å². The largest absolute Gasteiger partial charge is 0.463 e. The molecule has 0 aromatic heterocycles. The molecule has 0 aliphatic carbocycles. The summed E-state index contributed by atoms with van der Waals surface area (Å²) in [7, 11) is 0. The first-order valence-corrected chi connectivity index (χ1v) is 15.8. The summed E-state index contributed by atoms with van der Waals surface area (Å²) >= 11 is 1.64. The van der Waals surface area contributed by atoms with Crippen LogP contribution in [0.25, 0.3) is 0 Å². The summed E-state index contributed by atoms with van der Waals surface area (Å²) in [6.07, 6.45) is 6.68. The van der Waals surface area contributed by atoms with Crippen molar-refractivity contribution in [3.05, 3.63) is 97.1 Å². The number of unbranched alkanes of at least 4 members (excludes halogenated alkanes) is 1. The Morgan fingerprint density at radius 2 is 1.62 bits per heavy atom. The zero-order chi connectivity index (χ0) is 30.6. The predicted molar refractivity (Wildman–Crippen MR) is 171 cm³/mol. The van der Waals surface area contributed by atoms with Crippen molar-refractivity contribution in [3.8, 4) is 0 Å². The molecule has 2 amide bonds. The van der Waals surface area contributed by atoms with Crippen molar-refractivity contribution in [1.29, 1.82) is 0 Å². The number of rotatable bonds is 21. The molecule has 2 aromatic carbocycles. The lowest BCUT2D eigenvalue weighted by Crippen LogP contribution is -2.45. The Bertz CT molecular complexity index is 1100. The van der Waals surface area contributed by atoms with Crippen molar-refractivity contribution < 1.29 is 24.2 Å². The van der Waals surface area contributed by atoms with E-state index in [1.54, 1.807) is 24.8 Å². The Morgan fingerprint density at radius 3 is 2.24 bits per heavy atom. The van der Waals surface area contributed by atoms with E-state index >= 15 is 0 Å². The third-order valence-electron chi connectivity index (χ3n) is 6.76. The highest BCUT2D eigenvalue weighted by Crippen LogP contribution is 2.19. The van der Waals surface area contributed by atoms with Gasteiger partial charge in [0.15, 0.2) is 0 Å². The minimum Gasteiger partial charge on any atom is -0.463 e. The molecule has 0 bridgehead atoms. The van der Waals surface area contributed by atoms with Crippen molar-refractivity contribution in [1.82, 2.24) is 10.6 Å². The fourth-order valence-electron chi connectivity index (χ4n) is 4.44. The van der Waals surface area contributed by atoms with Gasteiger partial charge in [0, 0.05) is 24.0 Å². The number of allylic oxidation sites excluding steroid dienone is 2. The first-order valence-electron chi connectivity index (χ1n) is 14.6. The summed E-state index contributed by atoms with van der Waals surface area (Å²) < 4.78 is 5.84. The van der Waals surface area contributed by atoms with Crippen LogP contribution in [0.1, 0.15) is 50.2 Å². The van der Waals surface area contributed by atoms with E-state index in [0.29, 0.717) is 25.0 Å². The van der Waals surface area contributed by atoms with E-state index in [1.165, 1.54) is 0 Å². The van der Waals surface area contributed by atoms with Crippen molar-refractivity contribution in [3.63, 3.8) is 0 Å². The Hall–Kier alpha value is -3.36. The summed E-state index contributed by atoms with van der Waals surface area (Å²) in [5.41, 5.74) is 2.23. The van der Waals surface area contributed by atoms with Gasteiger partial charge in [-0.25, -0.2) is 0 Å². The molecule has 0 heterocycles. The highest BCUT2D eigenvalue weighted by Gasteiger charge is 2.26. The van der Waals surface area contributed by atoms with Gasteiger partial charge in [0.25, 0.3) is 0 Å². The van der Waals surface area contributed by atoms with Gasteiger partial charge in [-0.15, -0.1) is 13.2 Å². The third kappa shape index (κ3) is 14.0. The van der Waals surface area contributed by atoms with Gasteiger partial charge in [0.2, 0.25) is 11.8 Å². The van der Waals surface area contributed by atoms with E-state index < -0.39 is 18.0 Å². The number of thioether (sulfide) groups is 1. The van der Waals surface area contributed by atoms with Crippen LogP contribution in [0.15, 0.2) is 86.0 Å². The Kier molecular flexibility index (Phi) is 17.0. The maximum Gasteiger partial charge on any atom is 0.309 e. The van der Waals surface area contributed by atoms with Crippen LogP contribution in [0.3, 0.4) is 0 Å². The van der Waals surface area contributed by atoms with Gasteiger partial charge in [-0.1, -0.05) is 72.8 Å². The van der Waals surface area contributed by atoms with Crippen molar-refractivity contribution in [2.75, 3.05) is 19.0 Å². The van der Waals surface area contributed by atoms with E-state index in [1.807, 2.05) is 66.7 Å². The number of ether oxygens (including phenoxy) is 1. The average Bonchev–Trinajstić information content (AvgIpc) is 2.99. The lowest BCUT2D eigenvalue weighted by Gasteiger charge is -2.24. The molecular weight excluding hydrogens is 548 g/mol. The minimum absolute atomic E-state index is 0.0334. The van der Waals surface area contributed by atoms with Gasteiger partial charge < -0.3 is 20.5 Å². The smallest absolute Gasteiger partial charge is 0.309 e. The lowest BCUT2D eigenvalue weighted by atomic mass is 9.94. The molecule has 42 heavy (non-hydrogen) atoms. The van der Waals surface area contributed by atoms with Gasteiger partial charge in [-0.3, -0.25) is 14.4 Å². The van der Waals surface area contributed by atoms with Gasteiger partial charge in [0.1, 0.15) is 6.61 Å². The number of hydrogen-bond donors (Lipinski definition) is 3. The molecule has 2 aromatic rings. The van der Waals surface area contributed by atoms with Crippen LogP contribution in [0, 0.1) is 11.8 Å². The molecule has 2 rings (SSSR count). The van der Waals surface area contributed by atoms with Crippen molar-refractivity contribution in [2.45, 2.75) is 63.3 Å². The summed E-state index contributed by atoms with van der Waals surface area (Å²) in [6, 6.07) is 19.1. The van der Waals surface area contributed by atoms with Crippen LogP contribution >= 0.6 is 11.8 Å². The number of amides is 2. The summed E-state index contributed by atoms with van der Waals surface area (Å²) in [5, 5.41) is 15.0. The highest BCUT2D eigenvalue weighted by molar-refractivity contribution is 7.98. The molecule has 0 aliphatic rings. The maximum absolute atomic E-state index is 13.3. The molecule has 0 spiro atoms. The quantitative estimate of drug-likeness (QED) is 0.104. The summed E-state index contributed by atoms with van der Waals surface area (Å²) in [6.45, 7) is 9.07. The predicted octanol–water partition coefficient (Wildman–Crippen LogP) is 5.24. The number of esters is 1. The molecular formula is C34H46N2O5S. The number of benzene rings is 2. The van der Waals surface area contributed by atoms with E-state index in [-0.39, 0.29) is 43.3 Å². The molecule has 0 saturated carbocycles. The minimum atomic E-state index is -0.629. The van der Waals surface area contributed by atoms with Gasteiger partial charge in [-0.2, -0.15) is 11.8 Å². The molecule has 228 valence electrons. The maximum atomic E-state index is 13.3. The molecule has 0 aliphatic heterocycles. The van der Waals surface area contributed by atoms with E-state index in [9.17, 15) is 19.5 Å². The summed E-state index contributed by atoms with van der Waals surface area (Å²) in [4.78, 5) is 39.0. The van der Waals surface area contributed by atoms with Crippen LogP contribution in [0.5, 0.6) is 0 Å². The monoisotopic (exact) mass is 594 g/mol. The normalized spacial score (nSPS) is 13.7. The standard InChI is InChI=1S/C34H46N2O5S/c1-4-6-9-19-30(20-27-15-10-7-11-16-27)34(40)41-23-31(25-42-24-28-17-12-8-13-18-28)36-33(39)29(14-5-2)21-32(38)35-26(3)22-37/h4-5,7-8,10-13,15-18,26,29-31,37H,1-2,6,9,14,19-25H2,3H3,(H,35,38)(H,36,39). The van der Waals surface area contributed by atoms with Crippen LogP contribution < -0.4 is 10.6 Å². The Labute approximate surface area is 255 Å². The molecule has 4 atom stereocenters. The van der Waals surface area contributed by atoms with Crippen molar-refractivity contribution in [2.24, 2.45) is 11.8 Å². The number of nitrogens with one attached hydrogen (secondary N) is 2. The highest BCUT2D eigenvalue weighted by atomic mass is 32.2. The average molecular weight is 595 g/mol.